The van der Waals surface area contributed by atoms with Crippen molar-refractivity contribution < 1.29 is 14.1 Å². The van der Waals surface area contributed by atoms with E-state index >= 15 is 0 Å². The van der Waals surface area contributed by atoms with Gasteiger partial charge in [-0.2, -0.15) is 4.98 Å². The lowest BCUT2D eigenvalue weighted by atomic mass is 10.2. The molecule has 1 amide bonds. The lowest BCUT2D eigenvalue weighted by molar-refractivity contribution is -0.118. The summed E-state index contributed by atoms with van der Waals surface area (Å²) < 4.78 is 11.9. The fourth-order valence-electron chi connectivity index (χ4n) is 3.29. The van der Waals surface area contributed by atoms with Crippen molar-refractivity contribution in [2.45, 2.75) is 46.1 Å². The molecule has 0 aliphatic heterocycles. The zero-order valence-electron chi connectivity index (χ0n) is 19.0. The van der Waals surface area contributed by atoms with E-state index in [4.69, 9.17) is 15.0 Å². The van der Waals surface area contributed by atoms with Crippen LogP contribution in [-0.2, 0) is 17.8 Å². The number of ether oxygens (including phenoxy) is 1. The van der Waals surface area contributed by atoms with Crippen LogP contribution in [0.25, 0.3) is 11.4 Å². The van der Waals surface area contributed by atoms with Crippen molar-refractivity contribution in [2.75, 3.05) is 24.3 Å². The van der Waals surface area contributed by atoms with Crippen molar-refractivity contribution >= 4 is 17.4 Å². The van der Waals surface area contributed by atoms with Gasteiger partial charge in [-0.25, -0.2) is 4.79 Å². The quantitative estimate of drug-likeness (QED) is 0.470. The van der Waals surface area contributed by atoms with Crippen LogP contribution < -0.4 is 26.6 Å². The molecule has 3 rings (SSSR count). The third-order valence-corrected chi connectivity index (χ3v) is 5.10. The van der Waals surface area contributed by atoms with Crippen LogP contribution in [0, 0.1) is 0 Å². The van der Waals surface area contributed by atoms with Crippen molar-refractivity contribution in [3.8, 4) is 17.1 Å². The molecule has 3 aromatic rings. The predicted octanol–water partition coefficient (Wildman–Crippen LogP) is 1.96. The highest BCUT2D eigenvalue weighted by Crippen LogP contribution is 2.21. The van der Waals surface area contributed by atoms with Gasteiger partial charge in [0.1, 0.15) is 11.6 Å². The van der Waals surface area contributed by atoms with Gasteiger partial charge in [-0.1, -0.05) is 18.5 Å². The van der Waals surface area contributed by atoms with Crippen LogP contribution in [0.4, 0.5) is 11.5 Å². The van der Waals surface area contributed by atoms with Crippen molar-refractivity contribution in [1.29, 1.82) is 0 Å². The lowest BCUT2D eigenvalue weighted by Crippen LogP contribution is -2.39. The number of carbonyl (C=O) groups excluding carboxylic acids is 1. The number of nitrogen functional groups attached to an aromatic ring is 1. The molecule has 11 heteroatoms. The second kappa shape index (κ2) is 10.6. The number of carbonyl (C=O) groups is 1. The smallest absolute Gasteiger partial charge is 0.330 e. The molecule has 0 spiro atoms. The number of hydrogen-bond donors (Lipinski definition) is 2. The molecule has 1 aromatic carbocycles. The molecule has 0 bridgehead atoms. The third-order valence-electron chi connectivity index (χ3n) is 5.10. The van der Waals surface area contributed by atoms with Crippen molar-refractivity contribution in [3.05, 3.63) is 51.0 Å². The van der Waals surface area contributed by atoms with Gasteiger partial charge in [0.15, 0.2) is 5.69 Å². The summed E-state index contributed by atoms with van der Waals surface area (Å²) in [6.07, 6.45) is 1.74. The minimum Gasteiger partial charge on any atom is -0.494 e. The first kappa shape index (κ1) is 23.8. The SMILES string of the molecule is CCCCn1c(N)c(N(C)C(=O)CCc2nc(-c3ccc(OCC)cc3)no2)c(=O)[nH]c1=O. The molecule has 176 valence electrons. The Hall–Kier alpha value is -3.89. The van der Waals surface area contributed by atoms with Gasteiger partial charge in [0.2, 0.25) is 17.6 Å². The van der Waals surface area contributed by atoms with Gasteiger partial charge in [-0.3, -0.25) is 19.1 Å². The topological polar surface area (TPSA) is 149 Å². The van der Waals surface area contributed by atoms with Gasteiger partial charge in [-0.05, 0) is 37.6 Å². The Morgan fingerprint density at radius 2 is 1.97 bits per heavy atom. The van der Waals surface area contributed by atoms with E-state index in [2.05, 4.69) is 15.1 Å². The molecule has 0 aliphatic rings. The lowest BCUT2D eigenvalue weighted by Gasteiger charge is -2.20. The summed E-state index contributed by atoms with van der Waals surface area (Å²) in [6, 6.07) is 7.27. The van der Waals surface area contributed by atoms with Crippen LogP contribution >= 0.6 is 0 Å². The highest BCUT2D eigenvalue weighted by atomic mass is 16.5. The number of nitrogens with one attached hydrogen (secondary N) is 1. The van der Waals surface area contributed by atoms with E-state index in [1.165, 1.54) is 11.6 Å². The van der Waals surface area contributed by atoms with Gasteiger partial charge in [0.05, 0.1) is 6.61 Å². The first-order valence-corrected chi connectivity index (χ1v) is 10.8. The molecular weight excluding hydrogens is 428 g/mol. The zero-order chi connectivity index (χ0) is 24.0. The van der Waals surface area contributed by atoms with Crippen molar-refractivity contribution in [2.24, 2.45) is 0 Å². The summed E-state index contributed by atoms with van der Waals surface area (Å²) in [7, 11) is 1.44. The minimum absolute atomic E-state index is 0.00831. The van der Waals surface area contributed by atoms with Crippen molar-refractivity contribution in [1.82, 2.24) is 19.7 Å². The molecule has 0 aliphatic carbocycles. The zero-order valence-corrected chi connectivity index (χ0v) is 19.0. The summed E-state index contributed by atoms with van der Waals surface area (Å²) in [4.78, 5) is 44.9. The van der Waals surface area contributed by atoms with Gasteiger partial charge in [0, 0.05) is 32.0 Å². The van der Waals surface area contributed by atoms with Crippen molar-refractivity contribution in [3.63, 3.8) is 0 Å². The number of aryl methyl sites for hydroxylation is 1. The Labute approximate surface area is 190 Å². The third kappa shape index (κ3) is 5.48. The van der Waals surface area contributed by atoms with Gasteiger partial charge in [0.25, 0.3) is 5.56 Å². The number of amides is 1. The molecule has 0 saturated carbocycles. The van der Waals surface area contributed by atoms with E-state index in [9.17, 15) is 14.4 Å². The molecular formula is C22H28N6O5. The second-order valence-corrected chi connectivity index (χ2v) is 7.42. The van der Waals surface area contributed by atoms with Crippen LogP contribution in [0.2, 0.25) is 0 Å². The van der Waals surface area contributed by atoms with Crippen LogP contribution in [0.15, 0.2) is 38.4 Å². The molecule has 0 saturated heterocycles. The fraction of sp³-hybridized carbons (Fsp3) is 0.409. The standard InChI is InChI=1S/C22H28N6O5/c1-4-6-13-28-19(23)18(21(30)25-22(28)31)27(3)17(29)12-11-16-24-20(26-33-16)14-7-9-15(10-8-14)32-5-2/h7-10H,4-6,11-13,23H2,1-3H3,(H,25,30,31). The number of anilines is 2. The van der Waals surface area contributed by atoms with Gasteiger partial charge < -0.3 is 19.9 Å². The second-order valence-electron chi connectivity index (χ2n) is 7.42. The minimum atomic E-state index is -0.711. The number of hydrogen-bond acceptors (Lipinski definition) is 8. The summed E-state index contributed by atoms with van der Waals surface area (Å²) in [5.74, 6) is 1.01. The Kier molecular flexibility index (Phi) is 7.65. The summed E-state index contributed by atoms with van der Waals surface area (Å²) in [5, 5.41) is 3.96. The highest BCUT2D eigenvalue weighted by molar-refractivity contribution is 5.95. The van der Waals surface area contributed by atoms with E-state index in [1.54, 1.807) is 0 Å². The average molecular weight is 457 g/mol. The predicted molar refractivity (Wildman–Crippen MR) is 123 cm³/mol. The normalized spacial score (nSPS) is 10.9. The molecule has 0 radical (unpaired) electrons. The summed E-state index contributed by atoms with van der Waals surface area (Å²) in [5.41, 5.74) is 5.46. The number of H-pyrrole nitrogens is 1. The maximum absolute atomic E-state index is 12.7. The van der Waals surface area contributed by atoms with Gasteiger partial charge >= 0.3 is 5.69 Å². The highest BCUT2D eigenvalue weighted by Gasteiger charge is 2.21. The number of nitrogens with two attached hydrogens (primary N) is 1. The van der Waals surface area contributed by atoms with E-state index in [-0.39, 0.29) is 36.1 Å². The maximum Gasteiger partial charge on any atom is 0.330 e. The number of aromatic nitrogens is 4. The summed E-state index contributed by atoms with van der Waals surface area (Å²) >= 11 is 0. The largest absolute Gasteiger partial charge is 0.494 e. The summed E-state index contributed by atoms with van der Waals surface area (Å²) in [6.45, 7) is 4.81. The molecule has 3 N–H and O–H groups in total. The fourth-order valence-corrected chi connectivity index (χ4v) is 3.29. The van der Waals surface area contributed by atoms with Crippen LogP contribution in [0.3, 0.4) is 0 Å². The van der Waals surface area contributed by atoms with Gasteiger partial charge in [-0.15, -0.1) is 0 Å². The average Bonchev–Trinajstić information content (AvgIpc) is 3.27. The number of aromatic amines is 1. The van der Waals surface area contributed by atoms with Crippen LogP contribution in [0.5, 0.6) is 5.75 Å². The van der Waals surface area contributed by atoms with E-state index in [0.29, 0.717) is 25.4 Å². The van der Waals surface area contributed by atoms with Crippen LogP contribution in [-0.4, -0.2) is 39.3 Å². The molecule has 2 heterocycles. The molecule has 0 atom stereocenters. The first-order chi connectivity index (χ1) is 15.8. The number of unbranched alkanes of at least 4 members (excludes halogenated alkanes) is 1. The Balaban J connectivity index is 1.69. The van der Waals surface area contributed by atoms with E-state index in [1.807, 2.05) is 38.1 Å². The monoisotopic (exact) mass is 456 g/mol. The Morgan fingerprint density at radius 3 is 2.64 bits per heavy atom. The molecule has 0 fully saturated rings. The Bertz CT molecular complexity index is 1210. The van der Waals surface area contributed by atoms with E-state index in [0.717, 1.165) is 22.6 Å². The maximum atomic E-state index is 12.7. The molecule has 2 aromatic heterocycles. The molecule has 11 nitrogen and oxygen atoms in total. The first-order valence-electron chi connectivity index (χ1n) is 10.8. The number of rotatable bonds is 10. The molecule has 0 unspecified atom stereocenters. The van der Waals surface area contributed by atoms with E-state index < -0.39 is 11.2 Å². The number of benzene rings is 1. The van der Waals surface area contributed by atoms with Crippen LogP contribution in [0.1, 0.15) is 39.0 Å². The molecule has 33 heavy (non-hydrogen) atoms. The number of nitrogens with zero attached hydrogens (tertiary/aromatic N) is 4. The Morgan fingerprint density at radius 1 is 1.24 bits per heavy atom.